The van der Waals surface area contributed by atoms with Crippen LogP contribution in [-0.2, 0) is 0 Å². The lowest BCUT2D eigenvalue weighted by atomic mass is 10.2. The summed E-state index contributed by atoms with van der Waals surface area (Å²) in [4.78, 5) is 13.7. The molecule has 2 rings (SSSR count). The van der Waals surface area contributed by atoms with Gasteiger partial charge in [-0.1, -0.05) is 24.3 Å². The molecule has 0 aromatic heterocycles. The van der Waals surface area contributed by atoms with E-state index in [0.29, 0.717) is 11.4 Å². The summed E-state index contributed by atoms with van der Waals surface area (Å²) >= 11 is 0. The Morgan fingerprint density at radius 3 is 2.89 bits per heavy atom. The predicted molar refractivity (Wildman–Crippen MR) is 71.4 cm³/mol. The number of benzene rings is 1. The molecule has 4 nitrogen and oxygen atoms in total. The molecule has 0 saturated heterocycles. The summed E-state index contributed by atoms with van der Waals surface area (Å²) in [6.07, 6.45) is 6.58. The third-order valence-electron chi connectivity index (χ3n) is 2.75. The minimum atomic E-state index is -0.191. The van der Waals surface area contributed by atoms with Gasteiger partial charge in [-0.25, -0.2) is 4.79 Å². The first-order chi connectivity index (χ1) is 8.72. The van der Waals surface area contributed by atoms with Crippen LogP contribution in [0.5, 0.6) is 5.75 Å². The van der Waals surface area contributed by atoms with Crippen molar-refractivity contribution < 1.29 is 9.53 Å². The Balaban J connectivity index is 2.14. The van der Waals surface area contributed by atoms with Crippen molar-refractivity contribution in [2.75, 3.05) is 12.4 Å². The van der Waals surface area contributed by atoms with Crippen LogP contribution in [0.4, 0.5) is 10.5 Å². The smallest absolute Gasteiger partial charge is 0.330 e. The molecule has 0 aliphatic carbocycles. The van der Waals surface area contributed by atoms with Gasteiger partial charge in [-0.05, 0) is 25.5 Å². The Morgan fingerprint density at radius 1 is 1.39 bits per heavy atom. The van der Waals surface area contributed by atoms with E-state index in [-0.39, 0.29) is 6.03 Å². The summed E-state index contributed by atoms with van der Waals surface area (Å²) in [6.45, 7) is 1.91. The van der Waals surface area contributed by atoms with Crippen molar-refractivity contribution in [2.24, 2.45) is 0 Å². The van der Waals surface area contributed by atoms with Gasteiger partial charge in [0.25, 0.3) is 0 Å². The van der Waals surface area contributed by atoms with Gasteiger partial charge < -0.3 is 10.1 Å². The largest absolute Gasteiger partial charge is 0.495 e. The van der Waals surface area contributed by atoms with E-state index in [1.807, 2.05) is 43.3 Å². The molecule has 1 N–H and O–H groups in total. The van der Waals surface area contributed by atoms with E-state index in [4.69, 9.17) is 4.74 Å². The molecule has 1 aliphatic heterocycles. The number of hydrogen-bond acceptors (Lipinski definition) is 2. The molecule has 94 valence electrons. The lowest BCUT2D eigenvalue weighted by Crippen LogP contribution is -2.30. The van der Waals surface area contributed by atoms with Crippen LogP contribution in [0.3, 0.4) is 0 Å². The van der Waals surface area contributed by atoms with Crippen molar-refractivity contribution >= 4 is 11.7 Å². The number of hydrogen-bond donors (Lipinski definition) is 1. The zero-order valence-electron chi connectivity index (χ0n) is 10.5. The highest BCUT2D eigenvalue weighted by molar-refractivity contribution is 5.92. The molecule has 0 spiro atoms. The number of urea groups is 1. The molecule has 0 radical (unpaired) electrons. The number of methoxy groups -OCH3 is 1. The van der Waals surface area contributed by atoms with Crippen LogP contribution in [0.1, 0.15) is 13.3 Å². The zero-order chi connectivity index (χ0) is 13.0. The maximum Gasteiger partial charge on any atom is 0.330 e. The second-order valence-electron chi connectivity index (χ2n) is 3.97. The van der Waals surface area contributed by atoms with Crippen molar-refractivity contribution in [1.82, 2.24) is 4.90 Å². The molecule has 0 unspecified atom stereocenters. The lowest BCUT2D eigenvalue weighted by molar-refractivity contribution is 0.236. The van der Waals surface area contributed by atoms with Crippen molar-refractivity contribution in [3.63, 3.8) is 0 Å². The SMILES string of the molecule is COc1ccccc1NC(=O)N1C=CCC=C1C. The molecule has 1 heterocycles. The van der Waals surface area contributed by atoms with Crippen LogP contribution in [0.15, 0.2) is 48.3 Å². The molecular formula is C14H16N2O2. The Morgan fingerprint density at radius 2 is 2.17 bits per heavy atom. The second-order valence-corrected chi connectivity index (χ2v) is 3.97. The summed E-state index contributed by atoms with van der Waals surface area (Å²) in [5.74, 6) is 0.647. The third kappa shape index (κ3) is 2.53. The summed E-state index contributed by atoms with van der Waals surface area (Å²) in [5.41, 5.74) is 1.58. The molecule has 18 heavy (non-hydrogen) atoms. The predicted octanol–water partition coefficient (Wildman–Crippen LogP) is 3.35. The Kier molecular flexibility index (Phi) is 3.67. The number of ether oxygens (including phenoxy) is 1. The number of rotatable bonds is 2. The van der Waals surface area contributed by atoms with E-state index in [0.717, 1.165) is 12.1 Å². The monoisotopic (exact) mass is 244 g/mol. The quantitative estimate of drug-likeness (QED) is 0.866. The molecule has 1 aliphatic rings. The molecule has 0 bridgehead atoms. The van der Waals surface area contributed by atoms with Gasteiger partial charge in [-0.3, -0.25) is 4.90 Å². The number of nitrogens with one attached hydrogen (secondary N) is 1. The molecular weight excluding hydrogens is 228 g/mol. The highest BCUT2D eigenvalue weighted by Gasteiger charge is 2.15. The summed E-state index contributed by atoms with van der Waals surface area (Å²) in [6, 6.07) is 7.14. The first kappa shape index (κ1) is 12.2. The first-order valence-electron chi connectivity index (χ1n) is 5.79. The third-order valence-corrected chi connectivity index (χ3v) is 2.75. The van der Waals surface area contributed by atoms with Crippen molar-refractivity contribution in [3.8, 4) is 5.75 Å². The summed E-state index contributed by atoms with van der Waals surface area (Å²) in [5, 5.41) is 2.83. The van der Waals surface area contributed by atoms with E-state index < -0.39 is 0 Å². The van der Waals surface area contributed by atoms with Gasteiger partial charge in [0.1, 0.15) is 5.75 Å². The number of amides is 2. The fourth-order valence-corrected chi connectivity index (χ4v) is 1.77. The van der Waals surface area contributed by atoms with Crippen LogP contribution in [0.25, 0.3) is 0 Å². The Labute approximate surface area is 107 Å². The molecule has 0 atom stereocenters. The molecule has 0 fully saturated rings. The van der Waals surface area contributed by atoms with E-state index >= 15 is 0 Å². The van der Waals surface area contributed by atoms with Crippen LogP contribution in [0.2, 0.25) is 0 Å². The van der Waals surface area contributed by atoms with Gasteiger partial charge in [-0.15, -0.1) is 0 Å². The average molecular weight is 244 g/mol. The van der Waals surface area contributed by atoms with Gasteiger partial charge >= 0.3 is 6.03 Å². The number of allylic oxidation sites excluding steroid dienone is 3. The maximum atomic E-state index is 12.1. The molecule has 4 heteroatoms. The van der Waals surface area contributed by atoms with Crippen LogP contribution in [0, 0.1) is 0 Å². The number of para-hydroxylation sites is 2. The topological polar surface area (TPSA) is 41.6 Å². The Bertz CT molecular complexity index is 506. The fraction of sp³-hybridized carbons (Fsp3) is 0.214. The van der Waals surface area contributed by atoms with Crippen LogP contribution >= 0.6 is 0 Å². The van der Waals surface area contributed by atoms with E-state index in [9.17, 15) is 4.79 Å². The average Bonchev–Trinajstić information content (AvgIpc) is 2.39. The highest BCUT2D eigenvalue weighted by Crippen LogP contribution is 2.24. The van der Waals surface area contributed by atoms with E-state index in [2.05, 4.69) is 5.32 Å². The van der Waals surface area contributed by atoms with Crippen molar-refractivity contribution in [1.29, 1.82) is 0 Å². The standard InChI is InChI=1S/C14H16N2O2/c1-11-7-5-6-10-16(11)14(17)15-12-8-3-4-9-13(12)18-2/h3-4,6-10H,5H2,1-2H3,(H,15,17). The van der Waals surface area contributed by atoms with Gasteiger partial charge in [0.05, 0.1) is 12.8 Å². The van der Waals surface area contributed by atoms with Gasteiger partial charge in [0, 0.05) is 11.9 Å². The highest BCUT2D eigenvalue weighted by atomic mass is 16.5. The Hall–Kier alpha value is -2.23. The van der Waals surface area contributed by atoms with Crippen LogP contribution < -0.4 is 10.1 Å². The summed E-state index contributed by atoms with van der Waals surface area (Å²) in [7, 11) is 1.58. The number of carbonyl (C=O) groups excluding carboxylic acids is 1. The maximum absolute atomic E-state index is 12.1. The zero-order valence-corrected chi connectivity index (χ0v) is 10.5. The first-order valence-corrected chi connectivity index (χ1v) is 5.79. The number of anilines is 1. The second kappa shape index (κ2) is 5.40. The minimum Gasteiger partial charge on any atom is -0.495 e. The van der Waals surface area contributed by atoms with Gasteiger partial charge in [-0.2, -0.15) is 0 Å². The lowest BCUT2D eigenvalue weighted by Gasteiger charge is -2.22. The molecule has 1 aromatic carbocycles. The fourth-order valence-electron chi connectivity index (χ4n) is 1.77. The normalized spacial score (nSPS) is 14.1. The van der Waals surface area contributed by atoms with Crippen molar-refractivity contribution in [3.05, 3.63) is 48.3 Å². The molecule has 0 saturated carbocycles. The van der Waals surface area contributed by atoms with E-state index in [1.54, 1.807) is 18.2 Å². The summed E-state index contributed by atoms with van der Waals surface area (Å²) < 4.78 is 5.19. The van der Waals surface area contributed by atoms with Gasteiger partial charge in [0.2, 0.25) is 0 Å². The van der Waals surface area contributed by atoms with Gasteiger partial charge in [0.15, 0.2) is 0 Å². The molecule has 1 aromatic rings. The van der Waals surface area contributed by atoms with E-state index in [1.165, 1.54) is 0 Å². The molecule has 2 amide bonds. The van der Waals surface area contributed by atoms with Crippen LogP contribution in [-0.4, -0.2) is 18.0 Å². The minimum absolute atomic E-state index is 0.191. The number of nitrogens with zero attached hydrogens (tertiary/aromatic N) is 1. The van der Waals surface area contributed by atoms with Crippen molar-refractivity contribution in [2.45, 2.75) is 13.3 Å². The number of carbonyl (C=O) groups is 1.